The first-order valence-corrected chi connectivity index (χ1v) is 11.5. The standard InChI is InChI=1S/C24H30ClN3O2/c25-19-12-10-18(11-13-19)14-16-28-22(29)17-27-15-6-9-21(27)23(28)24(30)26-20-7-4-2-1-3-5-8-20/h6,9-13,15,20,23H,1-5,7-8,14,16-17H2,(H,26,30)/t23-/m1/s1. The molecule has 1 N–H and O–H groups in total. The fourth-order valence-electron chi connectivity index (χ4n) is 4.67. The second kappa shape index (κ2) is 9.69. The van der Waals surface area contributed by atoms with Gasteiger partial charge in [-0.05, 0) is 49.1 Å². The van der Waals surface area contributed by atoms with Crippen LogP contribution in [0.25, 0.3) is 0 Å². The lowest BCUT2D eigenvalue weighted by molar-refractivity contribution is -0.144. The van der Waals surface area contributed by atoms with Gasteiger partial charge in [0.1, 0.15) is 6.54 Å². The topological polar surface area (TPSA) is 54.3 Å². The van der Waals surface area contributed by atoms with E-state index in [0.717, 1.165) is 36.9 Å². The van der Waals surface area contributed by atoms with Crippen molar-refractivity contribution in [3.05, 3.63) is 58.9 Å². The normalized spacial score (nSPS) is 20.4. The van der Waals surface area contributed by atoms with Gasteiger partial charge in [0.15, 0.2) is 6.04 Å². The molecular formula is C24H30ClN3O2. The second-order valence-electron chi connectivity index (χ2n) is 8.48. The van der Waals surface area contributed by atoms with Gasteiger partial charge in [0, 0.05) is 23.8 Å². The van der Waals surface area contributed by atoms with Gasteiger partial charge in [-0.15, -0.1) is 0 Å². The minimum atomic E-state index is -0.570. The lowest BCUT2D eigenvalue weighted by atomic mass is 9.96. The van der Waals surface area contributed by atoms with Crippen molar-refractivity contribution in [3.8, 4) is 0 Å². The molecule has 2 heterocycles. The number of carbonyl (C=O) groups excluding carboxylic acids is 2. The number of halogens is 1. The van der Waals surface area contributed by atoms with Crippen molar-refractivity contribution in [3.63, 3.8) is 0 Å². The van der Waals surface area contributed by atoms with Crippen LogP contribution in [0.2, 0.25) is 5.02 Å². The van der Waals surface area contributed by atoms with Gasteiger partial charge in [-0.3, -0.25) is 9.59 Å². The first kappa shape index (κ1) is 21.0. The molecule has 0 spiro atoms. The van der Waals surface area contributed by atoms with E-state index in [4.69, 9.17) is 11.6 Å². The zero-order chi connectivity index (χ0) is 20.9. The van der Waals surface area contributed by atoms with Gasteiger partial charge in [-0.25, -0.2) is 0 Å². The predicted molar refractivity (Wildman–Crippen MR) is 118 cm³/mol. The molecule has 30 heavy (non-hydrogen) atoms. The highest BCUT2D eigenvalue weighted by Gasteiger charge is 2.37. The fraction of sp³-hybridized carbons (Fsp3) is 0.500. The number of carbonyl (C=O) groups is 2. The fourth-order valence-corrected chi connectivity index (χ4v) is 4.80. The maximum Gasteiger partial charge on any atom is 0.249 e. The molecule has 2 aliphatic rings. The first-order chi connectivity index (χ1) is 14.6. The molecule has 1 saturated carbocycles. The van der Waals surface area contributed by atoms with Gasteiger partial charge in [0.05, 0.1) is 5.69 Å². The smallest absolute Gasteiger partial charge is 0.249 e. The van der Waals surface area contributed by atoms with Crippen LogP contribution >= 0.6 is 11.6 Å². The molecule has 1 aliphatic carbocycles. The SMILES string of the molecule is O=C(NC1CCCCCCC1)[C@H]1c2cccn2CC(=O)N1CCc1ccc(Cl)cc1. The Balaban J connectivity index is 1.50. The summed E-state index contributed by atoms with van der Waals surface area (Å²) >= 11 is 5.99. The van der Waals surface area contributed by atoms with Crippen molar-refractivity contribution < 1.29 is 9.59 Å². The Kier molecular flexibility index (Phi) is 6.78. The molecule has 0 saturated heterocycles. The highest BCUT2D eigenvalue weighted by atomic mass is 35.5. The van der Waals surface area contributed by atoms with Crippen LogP contribution in [0.5, 0.6) is 0 Å². The summed E-state index contributed by atoms with van der Waals surface area (Å²) in [5, 5.41) is 3.98. The van der Waals surface area contributed by atoms with E-state index in [-0.39, 0.29) is 24.4 Å². The van der Waals surface area contributed by atoms with E-state index >= 15 is 0 Å². The monoisotopic (exact) mass is 427 g/mol. The minimum Gasteiger partial charge on any atom is -0.351 e. The summed E-state index contributed by atoms with van der Waals surface area (Å²) in [5.74, 6) is -0.0600. The summed E-state index contributed by atoms with van der Waals surface area (Å²) in [6, 6.07) is 11.2. The molecule has 160 valence electrons. The number of nitrogens with one attached hydrogen (secondary N) is 1. The lowest BCUT2D eigenvalue weighted by Gasteiger charge is -2.37. The predicted octanol–water partition coefficient (Wildman–Crippen LogP) is 4.50. The average Bonchev–Trinajstić information content (AvgIpc) is 3.16. The Morgan fingerprint density at radius 1 is 1.03 bits per heavy atom. The molecule has 6 heteroatoms. The van der Waals surface area contributed by atoms with Gasteiger partial charge in [0.25, 0.3) is 0 Å². The minimum absolute atomic E-state index is 0.00881. The van der Waals surface area contributed by atoms with Crippen molar-refractivity contribution in [2.75, 3.05) is 6.54 Å². The second-order valence-corrected chi connectivity index (χ2v) is 8.91. The summed E-state index contributed by atoms with van der Waals surface area (Å²) in [7, 11) is 0. The quantitative estimate of drug-likeness (QED) is 0.763. The molecule has 0 bridgehead atoms. The molecule has 1 aromatic heterocycles. The van der Waals surface area contributed by atoms with E-state index < -0.39 is 6.04 Å². The van der Waals surface area contributed by atoms with Gasteiger partial charge < -0.3 is 14.8 Å². The van der Waals surface area contributed by atoms with Crippen molar-refractivity contribution >= 4 is 23.4 Å². The molecule has 4 rings (SSSR count). The number of amides is 2. The Bertz CT molecular complexity index is 869. The maximum absolute atomic E-state index is 13.4. The summed E-state index contributed by atoms with van der Waals surface area (Å²) < 4.78 is 1.91. The number of rotatable bonds is 5. The van der Waals surface area contributed by atoms with Crippen LogP contribution in [-0.4, -0.2) is 33.9 Å². The number of aromatic nitrogens is 1. The van der Waals surface area contributed by atoms with Gasteiger partial charge in [0.2, 0.25) is 11.8 Å². The van der Waals surface area contributed by atoms with E-state index in [1.54, 1.807) is 4.90 Å². The molecule has 0 radical (unpaired) electrons. The zero-order valence-electron chi connectivity index (χ0n) is 17.4. The molecule has 1 aromatic carbocycles. The van der Waals surface area contributed by atoms with Crippen molar-refractivity contribution in [1.29, 1.82) is 0 Å². The van der Waals surface area contributed by atoms with Crippen molar-refractivity contribution in [2.24, 2.45) is 0 Å². The number of nitrogens with zero attached hydrogens (tertiary/aromatic N) is 2. The summed E-state index contributed by atoms with van der Waals surface area (Å²) in [6.45, 7) is 0.796. The molecule has 5 nitrogen and oxygen atoms in total. The van der Waals surface area contributed by atoms with Crippen LogP contribution in [0.4, 0.5) is 0 Å². The summed E-state index contributed by atoms with van der Waals surface area (Å²) in [6.07, 6.45) is 10.7. The molecule has 2 amide bonds. The van der Waals surface area contributed by atoms with Gasteiger partial charge >= 0.3 is 0 Å². The third kappa shape index (κ3) is 4.89. The Morgan fingerprint density at radius 2 is 1.73 bits per heavy atom. The number of hydrogen-bond donors (Lipinski definition) is 1. The number of benzene rings is 1. The number of fused-ring (bicyclic) bond motifs is 1. The van der Waals surface area contributed by atoms with Crippen LogP contribution in [0, 0.1) is 0 Å². The van der Waals surface area contributed by atoms with Crippen LogP contribution < -0.4 is 5.32 Å². The lowest BCUT2D eigenvalue weighted by Crippen LogP contribution is -2.51. The van der Waals surface area contributed by atoms with Crippen molar-refractivity contribution in [2.45, 2.75) is 70.0 Å². The highest BCUT2D eigenvalue weighted by molar-refractivity contribution is 6.30. The molecular weight excluding hydrogens is 398 g/mol. The number of hydrogen-bond acceptors (Lipinski definition) is 2. The van der Waals surface area contributed by atoms with Gasteiger partial charge in [-0.1, -0.05) is 55.8 Å². The Labute approximate surface area is 183 Å². The molecule has 1 atom stereocenters. The third-order valence-electron chi connectivity index (χ3n) is 6.34. The summed E-state index contributed by atoms with van der Waals surface area (Å²) in [5.41, 5.74) is 2.00. The van der Waals surface area contributed by atoms with E-state index in [0.29, 0.717) is 18.0 Å². The van der Waals surface area contributed by atoms with E-state index in [1.165, 1.54) is 19.3 Å². The molecule has 2 aromatic rings. The molecule has 0 unspecified atom stereocenters. The highest BCUT2D eigenvalue weighted by Crippen LogP contribution is 2.28. The molecule has 1 fully saturated rings. The Morgan fingerprint density at radius 3 is 2.47 bits per heavy atom. The van der Waals surface area contributed by atoms with Gasteiger partial charge in [-0.2, -0.15) is 0 Å². The largest absolute Gasteiger partial charge is 0.351 e. The van der Waals surface area contributed by atoms with Crippen molar-refractivity contribution in [1.82, 2.24) is 14.8 Å². The van der Waals surface area contributed by atoms with Crippen LogP contribution in [-0.2, 0) is 22.6 Å². The van der Waals surface area contributed by atoms with E-state index in [1.807, 2.05) is 47.2 Å². The first-order valence-electron chi connectivity index (χ1n) is 11.1. The van der Waals surface area contributed by atoms with Crippen LogP contribution in [0.1, 0.15) is 62.2 Å². The van der Waals surface area contributed by atoms with E-state index in [2.05, 4.69) is 5.32 Å². The average molecular weight is 428 g/mol. The zero-order valence-corrected chi connectivity index (χ0v) is 18.1. The summed E-state index contributed by atoms with van der Waals surface area (Å²) in [4.78, 5) is 28.1. The van der Waals surface area contributed by atoms with Crippen LogP contribution in [0.15, 0.2) is 42.6 Å². The maximum atomic E-state index is 13.4. The third-order valence-corrected chi connectivity index (χ3v) is 6.59. The molecule has 1 aliphatic heterocycles. The van der Waals surface area contributed by atoms with E-state index in [9.17, 15) is 9.59 Å². The van der Waals surface area contributed by atoms with Crippen LogP contribution in [0.3, 0.4) is 0 Å². The Hall–Kier alpha value is -2.27.